The molecule has 1 N–H and O–H groups in total. The second kappa shape index (κ2) is 6.34. The van der Waals surface area contributed by atoms with Crippen LogP contribution < -0.4 is 0 Å². The van der Waals surface area contributed by atoms with Crippen LogP contribution in [0.2, 0.25) is 0 Å². The first kappa shape index (κ1) is 12.8. The smallest absolute Gasteiger partial charge is 0.0813 e. The van der Waals surface area contributed by atoms with E-state index in [0.717, 1.165) is 5.56 Å². The van der Waals surface area contributed by atoms with Crippen LogP contribution in [0, 0.1) is 0 Å². The Kier molecular flexibility index (Phi) is 4.51. The normalized spacial score (nSPS) is 12.3. The van der Waals surface area contributed by atoms with E-state index in [0.29, 0.717) is 13.0 Å². The minimum absolute atomic E-state index is 0.375. The SMILES string of the molecule is COC[C@H](O)Cc1ccc(-c2ccccc2)cc1. The molecule has 2 rings (SSSR count). The van der Waals surface area contributed by atoms with Crippen molar-refractivity contribution < 1.29 is 9.84 Å². The maximum atomic E-state index is 9.66. The summed E-state index contributed by atoms with van der Waals surface area (Å²) in [5.74, 6) is 0. The van der Waals surface area contributed by atoms with Gasteiger partial charge in [-0.15, -0.1) is 0 Å². The first-order valence-electron chi connectivity index (χ1n) is 6.11. The molecule has 0 bridgehead atoms. The molecule has 0 fully saturated rings. The predicted molar refractivity (Wildman–Crippen MR) is 73.5 cm³/mol. The molecule has 94 valence electrons. The van der Waals surface area contributed by atoms with Crippen LogP contribution >= 0.6 is 0 Å². The molecule has 0 radical (unpaired) electrons. The fourth-order valence-corrected chi connectivity index (χ4v) is 1.99. The fourth-order valence-electron chi connectivity index (χ4n) is 1.99. The second-order valence-electron chi connectivity index (χ2n) is 4.38. The lowest BCUT2D eigenvalue weighted by atomic mass is 10.0. The molecule has 0 saturated carbocycles. The molecule has 0 aliphatic heterocycles. The van der Waals surface area contributed by atoms with Crippen LogP contribution in [-0.2, 0) is 11.2 Å². The van der Waals surface area contributed by atoms with E-state index in [-0.39, 0.29) is 0 Å². The van der Waals surface area contributed by atoms with Gasteiger partial charge in [-0.2, -0.15) is 0 Å². The standard InChI is InChI=1S/C16H18O2/c1-18-12-16(17)11-13-7-9-15(10-8-13)14-5-3-2-4-6-14/h2-10,16-17H,11-12H2,1H3/t16-/m1/s1. The zero-order valence-electron chi connectivity index (χ0n) is 10.5. The van der Waals surface area contributed by atoms with Gasteiger partial charge in [-0.3, -0.25) is 0 Å². The van der Waals surface area contributed by atoms with Gasteiger partial charge in [0.2, 0.25) is 0 Å². The Morgan fingerprint density at radius 3 is 2.17 bits per heavy atom. The average molecular weight is 242 g/mol. The molecule has 2 aromatic carbocycles. The van der Waals surface area contributed by atoms with Crippen molar-refractivity contribution in [2.75, 3.05) is 13.7 Å². The number of methoxy groups -OCH3 is 1. The Labute approximate surface area is 108 Å². The summed E-state index contributed by atoms with van der Waals surface area (Å²) in [5.41, 5.74) is 3.53. The topological polar surface area (TPSA) is 29.5 Å². The van der Waals surface area contributed by atoms with Crippen LogP contribution in [0.4, 0.5) is 0 Å². The highest BCUT2D eigenvalue weighted by Crippen LogP contribution is 2.19. The van der Waals surface area contributed by atoms with E-state index >= 15 is 0 Å². The number of ether oxygens (including phenoxy) is 1. The third-order valence-electron chi connectivity index (χ3n) is 2.89. The quantitative estimate of drug-likeness (QED) is 0.873. The maximum Gasteiger partial charge on any atom is 0.0813 e. The van der Waals surface area contributed by atoms with E-state index in [1.165, 1.54) is 11.1 Å². The van der Waals surface area contributed by atoms with Crippen molar-refractivity contribution in [3.05, 3.63) is 60.2 Å². The van der Waals surface area contributed by atoms with Gasteiger partial charge in [-0.1, -0.05) is 54.6 Å². The zero-order chi connectivity index (χ0) is 12.8. The summed E-state index contributed by atoms with van der Waals surface area (Å²) in [7, 11) is 1.60. The summed E-state index contributed by atoms with van der Waals surface area (Å²) >= 11 is 0. The third kappa shape index (κ3) is 3.42. The van der Waals surface area contributed by atoms with Crippen LogP contribution in [0.3, 0.4) is 0 Å². The minimum atomic E-state index is -0.433. The van der Waals surface area contributed by atoms with Gasteiger partial charge in [-0.25, -0.2) is 0 Å². The highest BCUT2D eigenvalue weighted by atomic mass is 16.5. The van der Waals surface area contributed by atoms with E-state index in [9.17, 15) is 5.11 Å². The highest BCUT2D eigenvalue weighted by molar-refractivity contribution is 5.63. The third-order valence-corrected chi connectivity index (χ3v) is 2.89. The molecule has 0 spiro atoms. The largest absolute Gasteiger partial charge is 0.390 e. The van der Waals surface area contributed by atoms with E-state index in [4.69, 9.17) is 4.74 Å². The summed E-state index contributed by atoms with van der Waals surface area (Å²) in [6, 6.07) is 18.6. The number of aliphatic hydroxyl groups excluding tert-OH is 1. The lowest BCUT2D eigenvalue weighted by molar-refractivity contribution is 0.0650. The van der Waals surface area contributed by atoms with Crippen LogP contribution in [0.25, 0.3) is 11.1 Å². The van der Waals surface area contributed by atoms with Crippen molar-refractivity contribution in [1.82, 2.24) is 0 Å². The summed E-state index contributed by atoms with van der Waals surface area (Å²) in [5, 5.41) is 9.66. The van der Waals surface area contributed by atoms with Gasteiger partial charge in [-0.05, 0) is 16.7 Å². The monoisotopic (exact) mass is 242 g/mol. The van der Waals surface area contributed by atoms with E-state index in [1.807, 2.05) is 18.2 Å². The van der Waals surface area contributed by atoms with Crippen molar-refractivity contribution in [2.24, 2.45) is 0 Å². The fraction of sp³-hybridized carbons (Fsp3) is 0.250. The van der Waals surface area contributed by atoms with Crippen molar-refractivity contribution in [2.45, 2.75) is 12.5 Å². The first-order valence-corrected chi connectivity index (χ1v) is 6.11. The second-order valence-corrected chi connectivity index (χ2v) is 4.38. The molecule has 18 heavy (non-hydrogen) atoms. The Morgan fingerprint density at radius 2 is 1.56 bits per heavy atom. The highest BCUT2D eigenvalue weighted by Gasteiger charge is 2.05. The molecule has 0 saturated heterocycles. The Morgan fingerprint density at radius 1 is 0.944 bits per heavy atom. The van der Waals surface area contributed by atoms with Gasteiger partial charge in [0.1, 0.15) is 0 Å². The molecule has 0 aliphatic carbocycles. The molecule has 0 aliphatic rings. The molecule has 2 nitrogen and oxygen atoms in total. The Bertz CT molecular complexity index is 462. The molecule has 0 amide bonds. The molecule has 0 unspecified atom stereocenters. The van der Waals surface area contributed by atoms with Crippen LogP contribution in [-0.4, -0.2) is 24.9 Å². The number of hydrogen-bond acceptors (Lipinski definition) is 2. The Hall–Kier alpha value is -1.64. The van der Waals surface area contributed by atoms with Gasteiger partial charge < -0.3 is 9.84 Å². The van der Waals surface area contributed by atoms with Crippen molar-refractivity contribution in [3.8, 4) is 11.1 Å². The van der Waals surface area contributed by atoms with Gasteiger partial charge in [0.25, 0.3) is 0 Å². The number of hydrogen-bond donors (Lipinski definition) is 1. The van der Waals surface area contributed by atoms with E-state index in [1.54, 1.807) is 7.11 Å². The molecule has 2 heteroatoms. The predicted octanol–water partition coefficient (Wildman–Crippen LogP) is 2.90. The molecule has 2 aromatic rings. The molecule has 0 heterocycles. The van der Waals surface area contributed by atoms with Crippen LogP contribution in [0.15, 0.2) is 54.6 Å². The van der Waals surface area contributed by atoms with Gasteiger partial charge in [0, 0.05) is 13.5 Å². The number of rotatable bonds is 5. The summed E-state index contributed by atoms with van der Waals surface area (Å²) in [6.45, 7) is 0.375. The molecule has 1 atom stereocenters. The van der Waals surface area contributed by atoms with Gasteiger partial charge >= 0.3 is 0 Å². The average Bonchev–Trinajstić information content (AvgIpc) is 2.41. The number of aliphatic hydroxyl groups is 1. The lowest BCUT2D eigenvalue weighted by Gasteiger charge is -2.10. The summed E-state index contributed by atoms with van der Waals surface area (Å²) in [4.78, 5) is 0. The van der Waals surface area contributed by atoms with E-state index < -0.39 is 6.10 Å². The van der Waals surface area contributed by atoms with Gasteiger partial charge in [0.15, 0.2) is 0 Å². The first-order chi connectivity index (χ1) is 8.79. The van der Waals surface area contributed by atoms with Gasteiger partial charge in [0.05, 0.1) is 12.7 Å². The minimum Gasteiger partial charge on any atom is -0.390 e. The lowest BCUT2D eigenvalue weighted by Crippen LogP contribution is -2.16. The Balaban J connectivity index is 2.06. The molecular weight excluding hydrogens is 224 g/mol. The molecular formula is C16H18O2. The maximum absolute atomic E-state index is 9.66. The summed E-state index contributed by atoms with van der Waals surface area (Å²) < 4.78 is 4.92. The molecule has 0 aromatic heterocycles. The summed E-state index contributed by atoms with van der Waals surface area (Å²) in [6.07, 6.45) is 0.195. The van der Waals surface area contributed by atoms with Crippen LogP contribution in [0.5, 0.6) is 0 Å². The van der Waals surface area contributed by atoms with Crippen molar-refractivity contribution in [1.29, 1.82) is 0 Å². The van der Waals surface area contributed by atoms with E-state index in [2.05, 4.69) is 36.4 Å². The van der Waals surface area contributed by atoms with Crippen LogP contribution in [0.1, 0.15) is 5.56 Å². The van der Waals surface area contributed by atoms with Crippen molar-refractivity contribution >= 4 is 0 Å². The number of benzene rings is 2. The van der Waals surface area contributed by atoms with Crippen molar-refractivity contribution in [3.63, 3.8) is 0 Å². The zero-order valence-corrected chi connectivity index (χ0v) is 10.5.